The van der Waals surface area contributed by atoms with Crippen LogP contribution in [0.25, 0.3) is 33.1 Å². The Morgan fingerprint density at radius 3 is 2.68 bits per heavy atom. The minimum absolute atomic E-state index is 0.0242. The minimum Gasteiger partial charge on any atom is -0.465 e. The molecule has 1 aromatic carbocycles. The molecular formula is C27H24F2N4O4. The monoisotopic (exact) mass is 506 g/mol. The molecule has 3 aromatic heterocycles. The number of hydrogen-bond donors (Lipinski definition) is 1. The highest BCUT2D eigenvalue weighted by molar-refractivity contribution is 6.08. The van der Waals surface area contributed by atoms with Gasteiger partial charge in [0.2, 0.25) is 11.4 Å². The van der Waals surface area contributed by atoms with Gasteiger partial charge in [0.05, 0.1) is 29.2 Å². The van der Waals surface area contributed by atoms with Gasteiger partial charge in [-0.1, -0.05) is 18.2 Å². The van der Waals surface area contributed by atoms with E-state index in [-0.39, 0.29) is 48.1 Å². The lowest BCUT2D eigenvalue weighted by Crippen LogP contribution is -2.28. The maximum absolute atomic E-state index is 14.2. The summed E-state index contributed by atoms with van der Waals surface area (Å²) in [6.07, 6.45) is 1.08. The fourth-order valence-electron chi connectivity index (χ4n) is 4.80. The average Bonchev–Trinajstić information content (AvgIpc) is 3.07. The van der Waals surface area contributed by atoms with Crippen molar-refractivity contribution >= 4 is 39.4 Å². The number of para-hydroxylation sites is 1. The Balaban J connectivity index is 1.84. The predicted molar refractivity (Wildman–Crippen MR) is 135 cm³/mol. The smallest absolute Gasteiger partial charge is 0.344 e. The Morgan fingerprint density at radius 1 is 1.14 bits per heavy atom. The van der Waals surface area contributed by atoms with Gasteiger partial charge in [-0.3, -0.25) is 14.6 Å². The van der Waals surface area contributed by atoms with Gasteiger partial charge >= 0.3 is 5.97 Å². The van der Waals surface area contributed by atoms with E-state index >= 15 is 0 Å². The first-order chi connectivity index (χ1) is 17.7. The van der Waals surface area contributed by atoms with Crippen molar-refractivity contribution in [2.24, 2.45) is 0 Å². The number of nitrogens with zero attached hydrogens (tertiary/aromatic N) is 3. The maximum Gasteiger partial charge on any atom is 0.344 e. The molecule has 5 rings (SSSR count). The predicted octanol–water partition coefficient (Wildman–Crippen LogP) is 4.75. The fourth-order valence-corrected chi connectivity index (χ4v) is 4.80. The number of H-pyrrole nitrogens is 1. The highest BCUT2D eigenvalue weighted by Crippen LogP contribution is 2.37. The van der Waals surface area contributed by atoms with Crippen LogP contribution >= 0.6 is 0 Å². The van der Waals surface area contributed by atoms with Crippen molar-refractivity contribution in [3.05, 3.63) is 64.1 Å². The number of nitrogens with one attached hydrogen (secondary N) is 1. The number of carbonyl (C=O) groups is 2. The molecule has 1 saturated heterocycles. The molecule has 4 heterocycles. The summed E-state index contributed by atoms with van der Waals surface area (Å²) in [6.45, 7) is 1.67. The van der Waals surface area contributed by atoms with E-state index in [4.69, 9.17) is 9.72 Å². The van der Waals surface area contributed by atoms with Crippen molar-refractivity contribution in [2.75, 3.05) is 25.1 Å². The molecule has 0 bridgehead atoms. The highest BCUT2D eigenvalue weighted by atomic mass is 19.3. The number of carbonyl (C=O) groups excluding carboxylic acids is 2. The van der Waals surface area contributed by atoms with Gasteiger partial charge in [-0.25, -0.2) is 18.6 Å². The van der Waals surface area contributed by atoms with Crippen molar-refractivity contribution in [1.29, 1.82) is 0 Å². The second kappa shape index (κ2) is 9.34. The summed E-state index contributed by atoms with van der Waals surface area (Å²) < 4.78 is 33.3. The first-order valence-corrected chi connectivity index (χ1v) is 11.9. The lowest BCUT2D eigenvalue weighted by Gasteiger charge is -2.25. The zero-order chi connectivity index (χ0) is 26.3. The van der Waals surface area contributed by atoms with Crippen LogP contribution in [-0.4, -0.2) is 52.8 Å². The molecule has 37 heavy (non-hydrogen) atoms. The summed E-state index contributed by atoms with van der Waals surface area (Å²) in [4.78, 5) is 52.6. The van der Waals surface area contributed by atoms with Gasteiger partial charge in [-0.2, -0.15) is 0 Å². The number of ketones is 1. The van der Waals surface area contributed by atoms with E-state index in [0.717, 1.165) is 12.5 Å². The van der Waals surface area contributed by atoms with Crippen LogP contribution in [0.15, 0.2) is 47.4 Å². The van der Waals surface area contributed by atoms with Crippen LogP contribution in [0.3, 0.4) is 0 Å². The third kappa shape index (κ3) is 4.43. The number of aromatic nitrogens is 3. The summed E-state index contributed by atoms with van der Waals surface area (Å²) >= 11 is 0. The van der Waals surface area contributed by atoms with Crippen LogP contribution in [0.4, 0.5) is 14.6 Å². The molecule has 0 radical (unpaired) electrons. The lowest BCUT2D eigenvalue weighted by molar-refractivity contribution is -0.0102. The topological polar surface area (TPSA) is 105 Å². The third-order valence-electron chi connectivity index (χ3n) is 6.63. The summed E-state index contributed by atoms with van der Waals surface area (Å²) in [5.41, 5.74) is 0.373. The number of anilines is 1. The van der Waals surface area contributed by atoms with Crippen molar-refractivity contribution in [1.82, 2.24) is 15.0 Å². The highest BCUT2D eigenvalue weighted by Gasteiger charge is 2.33. The van der Waals surface area contributed by atoms with Gasteiger partial charge in [0.15, 0.2) is 5.78 Å². The number of rotatable bonds is 4. The number of alkyl halides is 2. The summed E-state index contributed by atoms with van der Waals surface area (Å²) in [7, 11) is 1.15. The van der Waals surface area contributed by atoms with Crippen LogP contribution in [0.1, 0.15) is 47.0 Å². The number of Topliss-reactive ketones (excluding diaryl/α,β-unsaturated/α-hetero) is 1. The molecule has 1 fully saturated rings. The van der Waals surface area contributed by atoms with Gasteiger partial charge in [0, 0.05) is 50.0 Å². The van der Waals surface area contributed by atoms with Crippen LogP contribution < -0.4 is 10.3 Å². The van der Waals surface area contributed by atoms with Crippen molar-refractivity contribution in [3.63, 3.8) is 0 Å². The zero-order valence-corrected chi connectivity index (χ0v) is 20.3. The standard InChI is InChI=1S/C27H24F2N4O4/c1-15(34)22-20-19(8-11-30-22)31-23(21(24(20)35)26(36)37-2)17-14-16-6-3-4-7-18(16)32-25(17)33-12-5-9-27(28,29)10-13-33/h3-4,6-8,11,14H,5,9-10,12-13H2,1-2H3,(H,31,35). The van der Waals surface area contributed by atoms with Crippen molar-refractivity contribution in [3.8, 4) is 11.3 Å². The number of aromatic amines is 1. The lowest BCUT2D eigenvalue weighted by atomic mass is 10.00. The Bertz CT molecular complexity index is 1620. The molecule has 0 amide bonds. The second-order valence-electron chi connectivity index (χ2n) is 9.08. The SMILES string of the molecule is COC(=O)c1c(-c2cc3ccccc3nc2N2CCCC(F)(F)CC2)[nH]c2ccnc(C(C)=O)c2c1=O. The Hall–Kier alpha value is -4.21. The van der Waals surface area contributed by atoms with Gasteiger partial charge in [0.25, 0.3) is 0 Å². The van der Waals surface area contributed by atoms with Gasteiger partial charge in [-0.05, 0) is 24.6 Å². The molecule has 0 aliphatic carbocycles. The van der Waals surface area contributed by atoms with Gasteiger partial charge in [-0.15, -0.1) is 0 Å². The Morgan fingerprint density at radius 2 is 1.92 bits per heavy atom. The molecular weight excluding hydrogens is 482 g/mol. The van der Waals surface area contributed by atoms with Crippen LogP contribution in [0, 0.1) is 0 Å². The molecule has 1 aliphatic heterocycles. The minimum atomic E-state index is -2.78. The molecule has 0 spiro atoms. The maximum atomic E-state index is 14.2. The molecule has 1 N–H and O–H groups in total. The summed E-state index contributed by atoms with van der Waals surface area (Å²) in [5.74, 6) is -3.75. The van der Waals surface area contributed by atoms with E-state index in [1.54, 1.807) is 11.0 Å². The van der Waals surface area contributed by atoms with Crippen LogP contribution in [-0.2, 0) is 4.74 Å². The molecule has 8 nitrogen and oxygen atoms in total. The van der Waals surface area contributed by atoms with E-state index in [2.05, 4.69) is 9.97 Å². The van der Waals surface area contributed by atoms with Gasteiger partial charge in [0.1, 0.15) is 17.1 Å². The summed E-state index contributed by atoms with van der Waals surface area (Å²) in [5, 5.41) is 0.709. The fraction of sp³-hybridized carbons (Fsp3) is 0.296. The molecule has 0 unspecified atom stereocenters. The number of fused-ring (bicyclic) bond motifs is 2. The quantitative estimate of drug-likeness (QED) is 0.314. The largest absolute Gasteiger partial charge is 0.465 e. The first kappa shape index (κ1) is 24.5. The van der Waals surface area contributed by atoms with Gasteiger partial charge < -0.3 is 14.6 Å². The van der Waals surface area contributed by atoms with E-state index in [1.807, 2.05) is 24.3 Å². The number of esters is 1. The van der Waals surface area contributed by atoms with Crippen molar-refractivity contribution < 1.29 is 23.1 Å². The zero-order valence-electron chi connectivity index (χ0n) is 20.3. The number of methoxy groups -OCH3 is 1. The average molecular weight is 507 g/mol. The van der Waals surface area contributed by atoms with E-state index in [0.29, 0.717) is 29.0 Å². The second-order valence-corrected chi connectivity index (χ2v) is 9.08. The molecule has 1 aliphatic rings. The van der Waals surface area contributed by atoms with Crippen LogP contribution in [0.2, 0.25) is 0 Å². The molecule has 0 saturated carbocycles. The molecule has 0 atom stereocenters. The van der Waals surface area contributed by atoms with E-state index in [1.165, 1.54) is 19.2 Å². The Labute approximate surface area is 210 Å². The number of hydrogen-bond acceptors (Lipinski definition) is 7. The van der Waals surface area contributed by atoms with Crippen LogP contribution in [0.5, 0.6) is 0 Å². The van der Waals surface area contributed by atoms with E-state index in [9.17, 15) is 23.2 Å². The molecule has 10 heteroatoms. The number of halogens is 2. The number of benzene rings is 1. The summed E-state index contributed by atoms with van der Waals surface area (Å²) in [6, 6.07) is 10.6. The van der Waals surface area contributed by atoms with E-state index < -0.39 is 23.1 Å². The number of pyridine rings is 3. The normalized spacial score (nSPS) is 15.5. The molecule has 190 valence electrons. The Kier molecular flexibility index (Phi) is 6.18. The third-order valence-corrected chi connectivity index (χ3v) is 6.63. The van der Waals surface area contributed by atoms with Crippen molar-refractivity contribution in [2.45, 2.75) is 32.1 Å². The first-order valence-electron chi connectivity index (χ1n) is 11.9. The molecule has 4 aromatic rings. The number of ether oxygens (including phenoxy) is 1.